The molecule has 0 atom stereocenters. The largest absolute Gasteiger partial charge is 0.507 e. The number of hydrogen-bond donors (Lipinski definition) is 1. The van der Waals surface area contributed by atoms with E-state index in [1.165, 1.54) is 6.07 Å². The molecule has 0 spiro atoms. The third-order valence-corrected chi connectivity index (χ3v) is 4.64. The lowest BCUT2D eigenvalue weighted by molar-refractivity contribution is 0.476. The second-order valence-corrected chi connectivity index (χ2v) is 6.19. The van der Waals surface area contributed by atoms with Crippen molar-refractivity contribution in [2.45, 2.75) is 19.8 Å². The van der Waals surface area contributed by atoms with Gasteiger partial charge in [0.25, 0.3) is 0 Å². The highest BCUT2D eigenvalue weighted by atomic mass is 35.5. The number of aromatic nitrogens is 4. The molecule has 4 rings (SSSR count). The first-order valence-corrected chi connectivity index (χ1v) is 7.97. The van der Waals surface area contributed by atoms with E-state index >= 15 is 0 Å². The van der Waals surface area contributed by atoms with Crippen LogP contribution in [-0.2, 0) is 0 Å². The third-order valence-electron chi connectivity index (χ3n) is 4.23. The van der Waals surface area contributed by atoms with Gasteiger partial charge in [-0.15, -0.1) is 10.2 Å². The number of aryl methyl sites for hydroxylation is 1. The molecule has 1 aromatic carbocycles. The highest BCUT2D eigenvalue weighted by Gasteiger charge is 2.21. The van der Waals surface area contributed by atoms with Crippen LogP contribution < -0.4 is 4.90 Å². The van der Waals surface area contributed by atoms with Gasteiger partial charge in [-0.3, -0.25) is 4.40 Å². The molecule has 1 N–H and O–H groups in total. The average Bonchev–Trinajstić information content (AvgIpc) is 3.21. The molecule has 1 aliphatic heterocycles. The number of hydrogen-bond acceptors (Lipinski definition) is 5. The standard InChI is InChI=1S/C16H16ClN5O/c1-10-8-11(13(23)9-12(10)17)14-19-20-16(21-5-2-3-6-21)15-18-4-7-22(14)15/h4,7-9,23H,2-3,5-6H2,1H3. The van der Waals surface area contributed by atoms with Gasteiger partial charge in [-0.2, -0.15) is 0 Å². The molecule has 0 unspecified atom stereocenters. The lowest BCUT2D eigenvalue weighted by Gasteiger charge is -2.17. The molecule has 118 valence electrons. The summed E-state index contributed by atoms with van der Waals surface area (Å²) < 4.78 is 1.86. The highest BCUT2D eigenvalue weighted by molar-refractivity contribution is 6.31. The maximum atomic E-state index is 10.3. The number of benzene rings is 1. The van der Waals surface area contributed by atoms with Gasteiger partial charge in [0.15, 0.2) is 17.3 Å². The van der Waals surface area contributed by atoms with Crippen molar-refractivity contribution in [3.63, 3.8) is 0 Å². The number of fused-ring (bicyclic) bond motifs is 1. The van der Waals surface area contributed by atoms with Crippen LogP contribution in [0.3, 0.4) is 0 Å². The number of aromatic hydroxyl groups is 1. The lowest BCUT2D eigenvalue weighted by Crippen LogP contribution is -2.21. The van der Waals surface area contributed by atoms with Gasteiger partial charge in [0.1, 0.15) is 5.75 Å². The van der Waals surface area contributed by atoms with Crippen LogP contribution in [0.1, 0.15) is 18.4 Å². The maximum Gasteiger partial charge on any atom is 0.195 e. The van der Waals surface area contributed by atoms with Crippen LogP contribution in [0.15, 0.2) is 24.5 Å². The number of imidazole rings is 1. The summed E-state index contributed by atoms with van der Waals surface area (Å²) in [6, 6.07) is 3.35. The van der Waals surface area contributed by atoms with Crippen molar-refractivity contribution in [3.8, 4) is 17.1 Å². The minimum atomic E-state index is 0.0822. The predicted molar refractivity (Wildman–Crippen MR) is 89.1 cm³/mol. The quantitative estimate of drug-likeness (QED) is 0.782. The van der Waals surface area contributed by atoms with Crippen molar-refractivity contribution in [1.29, 1.82) is 0 Å². The van der Waals surface area contributed by atoms with Gasteiger partial charge in [-0.25, -0.2) is 4.98 Å². The van der Waals surface area contributed by atoms with Crippen LogP contribution >= 0.6 is 11.6 Å². The Morgan fingerprint density at radius 2 is 1.96 bits per heavy atom. The molecule has 1 aliphatic rings. The van der Waals surface area contributed by atoms with E-state index in [4.69, 9.17) is 11.6 Å². The normalized spacial score (nSPS) is 14.8. The molecule has 0 aliphatic carbocycles. The Balaban J connectivity index is 1.91. The first-order valence-electron chi connectivity index (χ1n) is 7.59. The van der Waals surface area contributed by atoms with E-state index in [2.05, 4.69) is 20.1 Å². The third kappa shape index (κ3) is 2.30. The highest BCUT2D eigenvalue weighted by Crippen LogP contribution is 2.34. The van der Waals surface area contributed by atoms with Gasteiger partial charge in [0, 0.05) is 30.5 Å². The zero-order chi connectivity index (χ0) is 16.0. The summed E-state index contributed by atoms with van der Waals surface area (Å²) in [6.07, 6.45) is 5.88. The summed E-state index contributed by atoms with van der Waals surface area (Å²) in [5.41, 5.74) is 2.22. The van der Waals surface area contributed by atoms with Gasteiger partial charge < -0.3 is 10.0 Å². The van der Waals surface area contributed by atoms with Crippen LogP contribution in [0.5, 0.6) is 5.75 Å². The number of anilines is 1. The molecule has 3 aromatic rings. The van der Waals surface area contributed by atoms with Gasteiger partial charge in [0.2, 0.25) is 0 Å². The molecule has 0 amide bonds. The molecule has 6 nitrogen and oxygen atoms in total. The fourth-order valence-electron chi connectivity index (χ4n) is 2.99. The van der Waals surface area contributed by atoms with Crippen LogP contribution in [0.2, 0.25) is 5.02 Å². The van der Waals surface area contributed by atoms with Gasteiger partial charge in [-0.1, -0.05) is 11.6 Å². The van der Waals surface area contributed by atoms with Crippen LogP contribution in [0.4, 0.5) is 5.82 Å². The number of phenols is 1. The SMILES string of the molecule is Cc1cc(-c2nnc(N3CCCC3)c3nccn23)c(O)cc1Cl. The summed E-state index contributed by atoms with van der Waals surface area (Å²) in [7, 11) is 0. The first-order chi connectivity index (χ1) is 11.1. The van der Waals surface area contributed by atoms with Crippen molar-refractivity contribution in [2.75, 3.05) is 18.0 Å². The van der Waals surface area contributed by atoms with Crippen molar-refractivity contribution in [2.24, 2.45) is 0 Å². The van der Waals surface area contributed by atoms with Crippen LogP contribution in [0.25, 0.3) is 17.0 Å². The summed E-state index contributed by atoms with van der Waals surface area (Å²) in [5, 5.41) is 19.5. The minimum absolute atomic E-state index is 0.0822. The van der Waals surface area contributed by atoms with E-state index in [-0.39, 0.29) is 5.75 Å². The topological polar surface area (TPSA) is 66.6 Å². The van der Waals surface area contributed by atoms with E-state index < -0.39 is 0 Å². The van der Waals surface area contributed by atoms with E-state index in [9.17, 15) is 5.11 Å². The molecule has 7 heteroatoms. The Bertz CT molecular complexity index is 886. The first kappa shape index (κ1) is 14.3. The van der Waals surface area contributed by atoms with Gasteiger partial charge in [0.05, 0.1) is 5.56 Å². The average molecular weight is 330 g/mol. The van der Waals surface area contributed by atoms with Crippen molar-refractivity contribution < 1.29 is 5.11 Å². The summed E-state index contributed by atoms with van der Waals surface area (Å²) in [5.74, 6) is 1.43. The van der Waals surface area contributed by atoms with Gasteiger partial charge >= 0.3 is 0 Å². The second kappa shape index (κ2) is 5.38. The Morgan fingerprint density at radius 3 is 2.74 bits per heavy atom. The van der Waals surface area contributed by atoms with Crippen molar-refractivity contribution >= 4 is 23.1 Å². The summed E-state index contributed by atoms with van der Waals surface area (Å²) in [4.78, 5) is 6.63. The van der Waals surface area contributed by atoms with E-state index in [0.29, 0.717) is 16.4 Å². The second-order valence-electron chi connectivity index (χ2n) is 5.78. The van der Waals surface area contributed by atoms with E-state index in [1.807, 2.05) is 23.6 Å². The number of rotatable bonds is 2. The molecule has 3 heterocycles. The Morgan fingerprint density at radius 1 is 1.17 bits per heavy atom. The molecule has 0 bridgehead atoms. The smallest absolute Gasteiger partial charge is 0.195 e. The number of phenolic OH excluding ortho intramolecular Hbond substituents is 1. The number of halogens is 1. The summed E-state index contributed by atoms with van der Waals surface area (Å²) in [6.45, 7) is 3.84. The number of nitrogens with zero attached hydrogens (tertiary/aromatic N) is 5. The Kier molecular flexibility index (Phi) is 3.34. The fourth-order valence-corrected chi connectivity index (χ4v) is 3.15. The lowest BCUT2D eigenvalue weighted by atomic mass is 10.1. The zero-order valence-corrected chi connectivity index (χ0v) is 13.5. The Labute approximate surface area is 138 Å². The fraction of sp³-hybridized carbons (Fsp3) is 0.312. The van der Waals surface area contributed by atoms with Crippen LogP contribution in [-0.4, -0.2) is 37.8 Å². The maximum absolute atomic E-state index is 10.3. The molecule has 2 aromatic heterocycles. The molecule has 0 radical (unpaired) electrons. The minimum Gasteiger partial charge on any atom is -0.507 e. The zero-order valence-electron chi connectivity index (χ0n) is 12.7. The monoisotopic (exact) mass is 329 g/mol. The summed E-state index contributed by atoms with van der Waals surface area (Å²) >= 11 is 6.06. The predicted octanol–water partition coefficient (Wildman–Crippen LogP) is 3.06. The molecular formula is C16H16ClN5O. The van der Waals surface area contributed by atoms with Gasteiger partial charge in [-0.05, 0) is 37.5 Å². The van der Waals surface area contributed by atoms with Crippen LogP contribution in [0, 0.1) is 6.92 Å². The van der Waals surface area contributed by atoms with Crippen molar-refractivity contribution in [3.05, 3.63) is 35.1 Å². The molecule has 0 saturated carbocycles. The van der Waals surface area contributed by atoms with E-state index in [1.54, 1.807) is 6.20 Å². The Hall–Kier alpha value is -2.34. The molecule has 1 fully saturated rings. The van der Waals surface area contributed by atoms with Crippen molar-refractivity contribution in [1.82, 2.24) is 19.6 Å². The molecular weight excluding hydrogens is 314 g/mol. The molecule has 1 saturated heterocycles. The molecule has 23 heavy (non-hydrogen) atoms. The van der Waals surface area contributed by atoms with E-state index in [0.717, 1.165) is 43.0 Å².